The summed E-state index contributed by atoms with van der Waals surface area (Å²) in [7, 11) is 0. The van der Waals surface area contributed by atoms with Crippen LogP contribution in [0.4, 0.5) is 11.4 Å². The zero-order chi connectivity index (χ0) is 13.9. The average Bonchev–Trinajstić information content (AvgIpc) is 2.94. The topological polar surface area (TPSA) is 71.0 Å². The largest absolute Gasteiger partial charge is 0.379 e. The first kappa shape index (κ1) is 12.2. The Morgan fingerprint density at radius 1 is 1.10 bits per heavy atom. The Hall–Kier alpha value is -2.82. The molecule has 3 rings (SSSR count). The molecule has 20 heavy (non-hydrogen) atoms. The maximum Gasteiger partial charge on any atom is 0.274 e. The van der Waals surface area contributed by atoms with Crippen LogP contribution in [-0.2, 0) is 6.54 Å². The highest BCUT2D eigenvalue weighted by molar-refractivity contribution is 5.90. The van der Waals surface area contributed by atoms with E-state index in [4.69, 9.17) is 0 Å². The number of anilines is 1. The van der Waals surface area contributed by atoms with Crippen LogP contribution in [-0.4, -0.2) is 9.91 Å². The first-order valence-electron chi connectivity index (χ1n) is 6.28. The lowest BCUT2D eigenvalue weighted by Crippen LogP contribution is -2.03. The summed E-state index contributed by atoms with van der Waals surface area (Å²) >= 11 is 0. The third-order valence-corrected chi connectivity index (χ3v) is 3.24. The summed E-state index contributed by atoms with van der Waals surface area (Å²) in [6.07, 6.45) is 1.88. The lowest BCUT2D eigenvalue weighted by Gasteiger charge is -2.08. The molecule has 0 unspecified atom stereocenters. The van der Waals surface area contributed by atoms with Gasteiger partial charge in [-0.2, -0.15) is 0 Å². The first-order chi connectivity index (χ1) is 9.75. The molecule has 3 aromatic rings. The molecular weight excluding hydrogens is 254 g/mol. The van der Waals surface area contributed by atoms with Crippen LogP contribution in [0.1, 0.15) is 5.56 Å². The molecule has 5 nitrogen and oxygen atoms in total. The zero-order valence-corrected chi connectivity index (χ0v) is 10.7. The second-order valence-electron chi connectivity index (χ2n) is 4.49. The van der Waals surface area contributed by atoms with Gasteiger partial charge in [0.1, 0.15) is 0 Å². The predicted octanol–water partition coefficient (Wildman–Crippen LogP) is 3.69. The second-order valence-corrected chi connectivity index (χ2v) is 4.49. The quantitative estimate of drug-likeness (QED) is 0.559. The van der Waals surface area contributed by atoms with E-state index >= 15 is 0 Å². The Kier molecular flexibility index (Phi) is 3.09. The SMILES string of the molecule is O=[N+]([O-])c1ccccc1CNc1cccc2cc[nH]c12. The molecule has 0 bridgehead atoms. The minimum Gasteiger partial charge on any atom is -0.379 e. The van der Waals surface area contributed by atoms with E-state index < -0.39 is 0 Å². The van der Waals surface area contributed by atoms with Gasteiger partial charge in [-0.1, -0.05) is 30.3 Å². The molecule has 0 spiro atoms. The van der Waals surface area contributed by atoms with Crippen LogP contribution in [0.3, 0.4) is 0 Å². The van der Waals surface area contributed by atoms with E-state index in [1.807, 2.05) is 30.5 Å². The Bertz CT molecular complexity index is 764. The van der Waals surface area contributed by atoms with E-state index in [0.717, 1.165) is 16.6 Å². The van der Waals surface area contributed by atoms with Crippen LogP contribution >= 0.6 is 0 Å². The van der Waals surface area contributed by atoms with Crippen LogP contribution < -0.4 is 5.32 Å². The minimum atomic E-state index is -0.355. The fraction of sp³-hybridized carbons (Fsp3) is 0.0667. The fourth-order valence-electron chi connectivity index (χ4n) is 2.26. The number of hydrogen-bond acceptors (Lipinski definition) is 3. The lowest BCUT2D eigenvalue weighted by atomic mass is 10.1. The Morgan fingerprint density at radius 2 is 1.95 bits per heavy atom. The Morgan fingerprint density at radius 3 is 2.80 bits per heavy atom. The van der Waals surface area contributed by atoms with Gasteiger partial charge in [-0.3, -0.25) is 10.1 Å². The zero-order valence-electron chi connectivity index (χ0n) is 10.7. The van der Waals surface area contributed by atoms with Crippen molar-refractivity contribution in [2.75, 3.05) is 5.32 Å². The van der Waals surface area contributed by atoms with Crippen LogP contribution in [0.2, 0.25) is 0 Å². The maximum absolute atomic E-state index is 11.0. The van der Waals surface area contributed by atoms with Gasteiger partial charge in [0.05, 0.1) is 16.1 Å². The molecule has 0 aliphatic heterocycles. The maximum atomic E-state index is 11.0. The van der Waals surface area contributed by atoms with Crippen molar-refractivity contribution >= 4 is 22.3 Å². The molecule has 0 amide bonds. The average molecular weight is 267 g/mol. The summed E-state index contributed by atoms with van der Waals surface area (Å²) in [5, 5.41) is 15.3. The number of benzene rings is 2. The number of nitro groups is 1. The van der Waals surface area contributed by atoms with Gasteiger partial charge in [-0.25, -0.2) is 0 Å². The monoisotopic (exact) mass is 267 g/mol. The lowest BCUT2D eigenvalue weighted by molar-refractivity contribution is -0.385. The molecule has 1 aromatic heterocycles. The van der Waals surface area contributed by atoms with Crippen LogP contribution in [0.5, 0.6) is 0 Å². The van der Waals surface area contributed by atoms with Gasteiger partial charge in [-0.15, -0.1) is 0 Å². The van der Waals surface area contributed by atoms with Gasteiger partial charge in [0.15, 0.2) is 0 Å². The Labute approximate surface area is 115 Å². The summed E-state index contributed by atoms with van der Waals surface area (Å²) in [6.45, 7) is 0.412. The van der Waals surface area contributed by atoms with E-state index in [9.17, 15) is 10.1 Å². The highest BCUT2D eigenvalue weighted by Gasteiger charge is 2.12. The van der Waals surface area contributed by atoms with E-state index in [1.54, 1.807) is 18.2 Å². The van der Waals surface area contributed by atoms with Crippen molar-refractivity contribution in [3.63, 3.8) is 0 Å². The molecule has 1 heterocycles. The summed E-state index contributed by atoms with van der Waals surface area (Å²) in [6, 6.07) is 14.7. The highest BCUT2D eigenvalue weighted by Crippen LogP contribution is 2.24. The van der Waals surface area contributed by atoms with E-state index in [0.29, 0.717) is 12.1 Å². The molecule has 0 aliphatic rings. The van der Waals surface area contributed by atoms with Crippen molar-refractivity contribution in [3.05, 3.63) is 70.4 Å². The van der Waals surface area contributed by atoms with Gasteiger partial charge < -0.3 is 10.3 Å². The van der Waals surface area contributed by atoms with Crippen molar-refractivity contribution < 1.29 is 4.92 Å². The number of nitro benzene ring substituents is 1. The number of nitrogens with zero attached hydrogens (tertiary/aromatic N) is 1. The van der Waals surface area contributed by atoms with Crippen LogP contribution in [0.25, 0.3) is 10.9 Å². The van der Waals surface area contributed by atoms with Gasteiger partial charge in [0.25, 0.3) is 5.69 Å². The number of nitrogens with one attached hydrogen (secondary N) is 2. The number of aromatic nitrogens is 1. The summed E-state index contributed by atoms with van der Waals surface area (Å²) < 4.78 is 0. The third-order valence-electron chi connectivity index (χ3n) is 3.24. The number of fused-ring (bicyclic) bond motifs is 1. The smallest absolute Gasteiger partial charge is 0.274 e. The van der Waals surface area contributed by atoms with E-state index in [2.05, 4.69) is 10.3 Å². The third kappa shape index (κ3) is 2.21. The normalized spacial score (nSPS) is 10.6. The molecule has 2 aromatic carbocycles. The van der Waals surface area contributed by atoms with Crippen molar-refractivity contribution in [1.82, 2.24) is 4.98 Å². The van der Waals surface area contributed by atoms with Crippen LogP contribution in [0.15, 0.2) is 54.7 Å². The second kappa shape index (κ2) is 5.05. The number of H-pyrrole nitrogens is 1. The predicted molar refractivity (Wildman–Crippen MR) is 78.7 cm³/mol. The molecule has 0 atom stereocenters. The van der Waals surface area contributed by atoms with E-state index in [-0.39, 0.29) is 10.6 Å². The van der Waals surface area contributed by atoms with Crippen molar-refractivity contribution in [1.29, 1.82) is 0 Å². The molecular formula is C15H13N3O2. The summed E-state index contributed by atoms with van der Waals surface area (Å²) in [4.78, 5) is 13.8. The molecule has 0 aliphatic carbocycles. The van der Waals surface area contributed by atoms with E-state index in [1.165, 1.54) is 6.07 Å². The molecule has 0 saturated heterocycles. The van der Waals surface area contributed by atoms with Gasteiger partial charge in [-0.05, 0) is 12.1 Å². The summed E-state index contributed by atoms with van der Waals surface area (Å²) in [5.41, 5.74) is 2.75. The van der Waals surface area contributed by atoms with Crippen molar-refractivity contribution in [3.8, 4) is 0 Å². The first-order valence-corrected chi connectivity index (χ1v) is 6.28. The summed E-state index contributed by atoms with van der Waals surface area (Å²) in [5.74, 6) is 0. The standard InChI is InChI=1S/C15H13N3O2/c19-18(20)14-7-2-1-4-12(14)10-17-13-6-3-5-11-8-9-16-15(11)13/h1-9,16-17H,10H2. The number of hydrogen-bond donors (Lipinski definition) is 2. The molecule has 0 fully saturated rings. The highest BCUT2D eigenvalue weighted by atomic mass is 16.6. The van der Waals surface area contributed by atoms with Gasteiger partial charge in [0, 0.05) is 29.8 Å². The Balaban J connectivity index is 1.87. The number of aromatic amines is 1. The van der Waals surface area contributed by atoms with Crippen molar-refractivity contribution in [2.45, 2.75) is 6.54 Å². The van der Waals surface area contributed by atoms with Gasteiger partial charge in [0.2, 0.25) is 0 Å². The number of para-hydroxylation sites is 2. The molecule has 5 heteroatoms. The van der Waals surface area contributed by atoms with Crippen LogP contribution in [0, 0.1) is 10.1 Å². The fourth-order valence-corrected chi connectivity index (χ4v) is 2.26. The minimum absolute atomic E-state index is 0.138. The number of rotatable bonds is 4. The van der Waals surface area contributed by atoms with Gasteiger partial charge >= 0.3 is 0 Å². The van der Waals surface area contributed by atoms with Crippen molar-refractivity contribution in [2.24, 2.45) is 0 Å². The molecule has 100 valence electrons. The molecule has 0 radical (unpaired) electrons. The molecule has 0 saturated carbocycles. The molecule has 2 N–H and O–H groups in total.